The molecule has 1 aliphatic heterocycles. The third-order valence-corrected chi connectivity index (χ3v) is 3.68. The Morgan fingerprint density at radius 2 is 2.14 bits per heavy atom. The van der Waals surface area contributed by atoms with Crippen LogP contribution in [-0.2, 0) is 14.4 Å². The van der Waals surface area contributed by atoms with Crippen LogP contribution in [0.15, 0.2) is 0 Å². The van der Waals surface area contributed by atoms with E-state index in [0.717, 1.165) is 0 Å². The summed E-state index contributed by atoms with van der Waals surface area (Å²) in [6.45, 7) is 2.88. The van der Waals surface area contributed by atoms with Crippen LogP contribution in [0, 0.1) is 0 Å². The van der Waals surface area contributed by atoms with Crippen LogP contribution in [-0.4, -0.2) is 65.2 Å². The first-order chi connectivity index (χ1) is 9.85. The molecule has 0 radical (unpaired) electrons. The van der Waals surface area contributed by atoms with E-state index in [1.54, 1.807) is 16.8 Å². The topological polar surface area (TPSA) is 95.7 Å². The van der Waals surface area contributed by atoms with Gasteiger partial charge in [-0.1, -0.05) is 19.1 Å². The van der Waals surface area contributed by atoms with Gasteiger partial charge in [0.25, 0.3) is 0 Å². The molecule has 0 saturated carbocycles. The molecule has 7 nitrogen and oxygen atoms in total. The minimum atomic E-state index is -0.350. The molecule has 21 heavy (non-hydrogen) atoms. The fraction of sp³-hybridized carbons (Fsp3) is 0.692. The van der Waals surface area contributed by atoms with E-state index in [1.807, 2.05) is 6.92 Å². The molecule has 0 aromatic rings. The molecule has 0 bridgehead atoms. The third-order valence-electron chi connectivity index (χ3n) is 3.47. The molecule has 1 atom stereocenters. The maximum atomic E-state index is 12.0. The van der Waals surface area contributed by atoms with Gasteiger partial charge >= 0.3 is 0 Å². The van der Waals surface area contributed by atoms with Gasteiger partial charge in [-0.25, -0.2) is 0 Å². The molecule has 0 spiro atoms. The van der Waals surface area contributed by atoms with Gasteiger partial charge in [0, 0.05) is 33.0 Å². The van der Waals surface area contributed by atoms with Crippen molar-refractivity contribution < 1.29 is 14.4 Å². The van der Waals surface area contributed by atoms with Gasteiger partial charge in [0.15, 0.2) is 0 Å². The first-order valence-corrected chi connectivity index (χ1v) is 7.36. The van der Waals surface area contributed by atoms with E-state index in [0.29, 0.717) is 30.9 Å². The summed E-state index contributed by atoms with van der Waals surface area (Å²) in [4.78, 5) is 38.8. The number of amides is 3. The fourth-order valence-corrected chi connectivity index (χ4v) is 2.32. The Morgan fingerprint density at radius 1 is 1.48 bits per heavy atom. The number of rotatable bonds is 7. The Hall–Kier alpha value is -1.54. The molecule has 0 aromatic carbocycles. The van der Waals surface area contributed by atoms with E-state index in [-0.39, 0.29) is 36.7 Å². The van der Waals surface area contributed by atoms with Crippen LogP contribution < -0.4 is 11.1 Å². The quantitative estimate of drug-likeness (QED) is 0.474. The second-order valence-corrected chi connectivity index (χ2v) is 5.61. The molecule has 118 valence electrons. The molecule has 3 N–H and O–H groups in total. The van der Waals surface area contributed by atoms with E-state index >= 15 is 0 Å². The molecule has 3 amide bonds. The average Bonchev–Trinajstić information content (AvgIpc) is 2.41. The summed E-state index contributed by atoms with van der Waals surface area (Å²) in [6, 6.07) is -0.350. The van der Waals surface area contributed by atoms with Crippen molar-refractivity contribution in [2.75, 3.05) is 26.7 Å². The molecule has 1 aliphatic rings. The maximum Gasteiger partial charge on any atom is 0.243 e. The molecule has 1 saturated heterocycles. The zero-order chi connectivity index (χ0) is 16.0. The van der Waals surface area contributed by atoms with Crippen molar-refractivity contribution >= 4 is 34.9 Å². The Bertz CT molecular complexity index is 441. The van der Waals surface area contributed by atoms with Gasteiger partial charge in [0.05, 0.1) is 17.6 Å². The second-order valence-electron chi connectivity index (χ2n) is 5.09. The van der Waals surface area contributed by atoms with Gasteiger partial charge in [-0.3, -0.25) is 24.6 Å². The van der Waals surface area contributed by atoms with Gasteiger partial charge < -0.3 is 10.6 Å². The lowest BCUT2D eigenvalue weighted by atomic mass is 10.1. The number of nitrogens with zero attached hydrogens (tertiary/aromatic N) is 2. The number of hydrogen-bond donors (Lipinski definition) is 2. The predicted octanol–water partition coefficient (Wildman–Crippen LogP) is -0.752. The van der Waals surface area contributed by atoms with Crippen LogP contribution >= 0.6 is 12.2 Å². The molecule has 8 heteroatoms. The van der Waals surface area contributed by atoms with Gasteiger partial charge in [0.1, 0.15) is 0 Å². The summed E-state index contributed by atoms with van der Waals surface area (Å²) in [5, 5.41) is 2.31. The Labute approximate surface area is 129 Å². The molecule has 1 unspecified atom stereocenters. The van der Waals surface area contributed by atoms with Gasteiger partial charge in [-0.05, 0) is 6.42 Å². The van der Waals surface area contributed by atoms with Crippen molar-refractivity contribution in [1.82, 2.24) is 15.1 Å². The van der Waals surface area contributed by atoms with Gasteiger partial charge in [-0.15, -0.1) is 0 Å². The maximum absolute atomic E-state index is 12.0. The van der Waals surface area contributed by atoms with Crippen LogP contribution in [0.4, 0.5) is 0 Å². The van der Waals surface area contributed by atoms with Crippen LogP contribution in [0.25, 0.3) is 0 Å². The normalized spacial score (nSPS) is 19.2. The number of carbonyl (C=O) groups is 3. The number of piperazine rings is 1. The van der Waals surface area contributed by atoms with Crippen LogP contribution in [0.2, 0.25) is 0 Å². The lowest BCUT2D eigenvalue weighted by Crippen LogP contribution is -2.58. The van der Waals surface area contributed by atoms with Crippen molar-refractivity contribution in [1.29, 1.82) is 0 Å². The van der Waals surface area contributed by atoms with Crippen molar-refractivity contribution in [2.45, 2.75) is 32.2 Å². The summed E-state index contributed by atoms with van der Waals surface area (Å²) in [5.41, 5.74) is 5.40. The van der Waals surface area contributed by atoms with E-state index in [4.69, 9.17) is 18.0 Å². The zero-order valence-corrected chi connectivity index (χ0v) is 13.2. The summed E-state index contributed by atoms with van der Waals surface area (Å²) < 4.78 is 0. The minimum absolute atomic E-state index is 0.0560. The van der Waals surface area contributed by atoms with Gasteiger partial charge in [0.2, 0.25) is 17.7 Å². The van der Waals surface area contributed by atoms with Crippen molar-refractivity contribution in [3.63, 3.8) is 0 Å². The molecular formula is C13H22N4O3S. The average molecular weight is 314 g/mol. The largest absolute Gasteiger partial charge is 0.393 e. The number of thiocarbonyl (C=S) groups is 1. The number of hydrogen-bond acceptors (Lipinski definition) is 5. The van der Waals surface area contributed by atoms with Crippen LogP contribution in [0.5, 0.6) is 0 Å². The lowest BCUT2D eigenvalue weighted by molar-refractivity contribution is -0.141. The summed E-state index contributed by atoms with van der Waals surface area (Å²) in [7, 11) is 1.69. The van der Waals surface area contributed by atoms with E-state index < -0.39 is 0 Å². The summed E-state index contributed by atoms with van der Waals surface area (Å²) in [6.07, 6.45) is 1.34. The first-order valence-electron chi connectivity index (χ1n) is 6.95. The van der Waals surface area contributed by atoms with Crippen LogP contribution in [0.1, 0.15) is 26.2 Å². The fourth-order valence-electron chi connectivity index (χ4n) is 2.23. The molecule has 0 aliphatic carbocycles. The first kappa shape index (κ1) is 17.5. The summed E-state index contributed by atoms with van der Waals surface area (Å²) >= 11 is 4.77. The third kappa shape index (κ3) is 5.39. The number of nitrogens with one attached hydrogen (secondary N) is 1. The van der Waals surface area contributed by atoms with E-state index in [1.165, 1.54) is 0 Å². The standard InChI is InChI=1S/C13H22N4O3S/c1-3-9-13(20)15-11(18)8-17(9)7-5-12(19)16(2)6-4-10(14)21/h9H,3-8H2,1-2H3,(H2,14,21)(H,15,18,20). The Kier molecular flexibility index (Phi) is 6.70. The molecule has 1 heterocycles. The molecular weight excluding hydrogens is 292 g/mol. The number of nitrogens with two attached hydrogens (primary N) is 1. The number of imide groups is 1. The van der Waals surface area contributed by atoms with E-state index in [9.17, 15) is 14.4 Å². The van der Waals surface area contributed by atoms with Crippen molar-refractivity contribution in [2.24, 2.45) is 5.73 Å². The molecule has 0 aromatic heterocycles. The smallest absolute Gasteiger partial charge is 0.243 e. The minimum Gasteiger partial charge on any atom is -0.393 e. The van der Waals surface area contributed by atoms with Crippen LogP contribution in [0.3, 0.4) is 0 Å². The SMILES string of the molecule is CCC1C(=O)NC(=O)CN1CCC(=O)N(C)CCC(N)=S. The second kappa shape index (κ2) is 8.04. The van der Waals surface area contributed by atoms with Gasteiger partial charge in [-0.2, -0.15) is 0 Å². The lowest BCUT2D eigenvalue weighted by Gasteiger charge is -2.33. The van der Waals surface area contributed by atoms with E-state index in [2.05, 4.69) is 5.32 Å². The summed E-state index contributed by atoms with van der Waals surface area (Å²) in [5.74, 6) is -0.665. The monoisotopic (exact) mass is 314 g/mol. The van der Waals surface area contributed by atoms with Crippen molar-refractivity contribution in [3.05, 3.63) is 0 Å². The zero-order valence-electron chi connectivity index (χ0n) is 12.4. The molecule has 1 fully saturated rings. The number of carbonyl (C=O) groups excluding carboxylic acids is 3. The highest BCUT2D eigenvalue weighted by atomic mass is 32.1. The van der Waals surface area contributed by atoms with Crippen molar-refractivity contribution in [3.8, 4) is 0 Å². The predicted molar refractivity (Wildman–Crippen MR) is 82.5 cm³/mol. The highest BCUT2D eigenvalue weighted by Gasteiger charge is 2.32. The highest BCUT2D eigenvalue weighted by molar-refractivity contribution is 7.80. The Balaban J connectivity index is 2.48. The highest BCUT2D eigenvalue weighted by Crippen LogP contribution is 2.10. The molecule has 1 rings (SSSR count). The Morgan fingerprint density at radius 3 is 2.71 bits per heavy atom.